The van der Waals surface area contributed by atoms with Crippen LogP contribution >= 0.6 is 23.2 Å². The summed E-state index contributed by atoms with van der Waals surface area (Å²) in [6.07, 6.45) is 1.92. The average molecular weight is 481 g/mol. The van der Waals surface area contributed by atoms with Crippen molar-refractivity contribution in [2.75, 3.05) is 25.0 Å². The number of anilines is 1. The molecule has 2 heterocycles. The van der Waals surface area contributed by atoms with E-state index in [1.54, 1.807) is 31.3 Å². The Morgan fingerprint density at radius 2 is 2.00 bits per heavy atom. The van der Waals surface area contributed by atoms with Crippen LogP contribution in [0.3, 0.4) is 0 Å². The molecule has 2 aromatic rings. The van der Waals surface area contributed by atoms with E-state index >= 15 is 0 Å². The van der Waals surface area contributed by atoms with E-state index in [-0.39, 0.29) is 6.42 Å². The summed E-state index contributed by atoms with van der Waals surface area (Å²) in [5.74, 6) is -2.22. The van der Waals surface area contributed by atoms with E-state index in [2.05, 4.69) is 0 Å². The van der Waals surface area contributed by atoms with Crippen LogP contribution in [0.15, 0.2) is 36.4 Å². The zero-order valence-corrected chi connectivity index (χ0v) is 19.0. The van der Waals surface area contributed by atoms with E-state index in [0.29, 0.717) is 46.4 Å². The normalized spacial score (nSPS) is 21.9. The van der Waals surface area contributed by atoms with Crippen molar-refractivity contribution in [2.24, 2.45) is 0 Å². The molecule has 1 N–H and O–H groups in total. The third-order valence-electron chi connectivity index (χ3n) is 6.31. The number of carboxylic acids is 1. The maximum absolute atomic E-state index is 14.2. The third kappa shape index (κ3) is 4.05. The number of hydrogen-bond acceptors (Lipinski definition) is 4. The molecule has 2 aliphatic heterocycles. The van der Waals surface area contributed by atoms with Crippen LogP contribution in [0.25, 0.3) is 0 Å². The van der Waals surface area contributed by atoms with Crippen molar-refractivity contribution in [2.45, 2.75) is 37.3 Å². The summed E-state index contributed by atoms with van der Waals surface area (Å²) in [6, 6.07) is 9.10. The second-order valence-electron chi connectivity index (χ2n) is 8.17. The van der Waals surface area contributed by atoms with Crippen LogP contribution in [-0.4, -0.2) is 42.2 Å². The molecule has 0 aliphatic carbocycles. The molecule has 0 aromatic heterocycles. The first-order valence-corrected chi connectivity index (χ1v) is 11.2. The second-order valence-corrected chi connectivity index (χ2v) is 8.98. The second kappa shape index (κ2) is 8.89. The number of likely N-dealkylation sites (tertiary alicyclic amines) is 1. The molecule has 1 fully saturated rings. The molecule has 2 atom stereocenters. The highest BCUT2D eigenvalue weighted by atomic mass is 35.5. The van der Waals surface area contributed by atoms with Gasteiger partial charge in [-0.05, 0) is 55.2 Å². The van der Waals surface area contributed by atoms with Gasteiger partial charge in [-0.3, -0.25) is 14.6 Å². The highest BCUT2D eigenvalue weighted by Gasteiger charge is 2.50. The summed E-state index contributed by atoms with van der Waals surface area (Å²) in [4.78, 5) is 28.0. The van der Waals surface area contributed by atoms with Crippen LogP contribution in [0.2, 0.25) is 10.0 Å². The van der Waals surface area contributed by atoms with Gasteiger partial charge in [0.15, 0.2) is 5.72 Å². The molecular formula is C23H23Cl2FN2O4. The lowest BCUT2D eigenvalue weighted by molar-refractivity contribution is -0.149. The Kier molecular flexibility index (Phi) is 6.34. The van der Waals surface area contributed by atoms with E-state index in [1.807, 2.05) is 4.90 Å². The van der Waals surface area contributed by atoms with Crippen molar-refractivity contribution < 1.29 is 23.8 Å². The zero-order chi connectivity index (χ0) is 23.0. The molecule has 2 unspecified atom stereocenters. The largest absolute Gasteiger partial charge is 0.481 e. The van der Waals surface area contributed by atoms with E-state index in [9.17, 15) is 19.1 Å². The van der Waals surface area contributed by atoms with Crippen molar-refractivity contribution in [1.29, 1.82) is 0 Å². The molecule has 2 aliphatic rings. The van der Waals surface area contributed by atoms with Crippen molar-refractivity contribution in [3.63, 3.8) is 0 Å². The monoisotopic (exact) mass is 480 g/mol. The SMILES string of the molecule is CN1C(=O)OC2(CCCCN2CCC(C(=O)O)c2ccc(Cl)c(Cl)c2)c2cc(F)ccc21. The summed E-state index contributed by atoms with van der Waals surface area (Å²) in [6.45, 7) is 0.935. The summed E-state index contributed by atoms with van der Waals surface area (Å²) in [5, 5.41) is 10.5. The molecule has 4 rings (SSSR count). The standard InChI is InChI=1S/C23H23Cl2FN2O4/c1-27-20-7-5-15(26)13-17(20)23(32-22(27)31)9-2-3-10-28(23)11-8-16(21(29)30)14-4-6-18(24)19(25)12-14/h4-7,12-13,16H,2-3,8-11H2,1H3,(H,29,30). The number of halogens is 3. The van der Waals surface area contributed by atoms with Crippen LogP contribution in [0.5, 0.6) is 0 Å². The van der Waals surface area contributed by atoms with Crippen molar-refractivity contribution >= 4 is 41.0 Å². The van der Waals surface area contributed by atoms with Crippen molar-refractivity contribution in [3.05, 3.63) is 63.4 Å². The third-order valence-corrected chi connectivity index (χ3v) is 7.05. The minimum Gasteiger partial charge on any atom is -0.481 e. The first kappa shape index (κ1) is 22.8. The van der Waals surface area contributed by atoms with Crippen LogP contribution < -0.4 is 4.90 Å². The Bertz CT molecular complexity index is 1070. The number of rotatable bonds is 5. The Hall–Kier alpha value is -2.35. The Labute approximate surface area is 195 Å². The number of nitrogens with zero attached hydrogens (tertiary/aromatic N) is 2. The smallest absolute Gasteiger partial charge is 0.416 e. The fraction of sp³-hybridized carbons (Fsp3) is 0.391. The summed E-state index contributed by atoms with van der Waals surface area (Å²) < 4.78 is 20.1. The number of ether oxygens (including phenoxy) is 1. The molecule has 9 heteroatoms. The number of carboxylic acid groups (broad SMARTS) is 1. The maximum Gasteiger partial charge on any atom is 0.416 e. The predicted octanol–water partition coefficient (Wildman–Crippen LogP) is 5.62. The lowest BCUT2D eigenvalue weighted by atomic mass is 9.87. The van der Waals surface area contributed by atoms with E-state index in [1.165, 1.54) is 17.0 Å². The quantitative estimate of drug-likeness (QED) is 0.601. The van der Waals surface area contributed by atoms with Gasteiger partial charge in [0, 0.05) is 32.1 Å². The molecule has 32 heavy (non-hydrogen) atoms. The van der Waals surface area contributed by atoms with Gasteiger partial charge in [-0.2, -0.15) is 0 Å². The summed E-state index contributed by atoms with van der Waals surface area (Å²) in [5.41, 5.74) is 0.597. The fourth-order valence-electron chi connectivity index (χ4n) is 4.65. The van der Waals surface area contributed by atoms with Crippen molar-refractivity contribution in [1.82, 2.24) is 4.90 Å². The number of benzene rings is 2. The van der Waals surface area contributed by atoms with E-state index < -0.39 is 29.5 Å². The van der Waals surface area contributed by atoms with Crippen molar-refractivity contribution in [3.8, 4) is 0 Å². The van der Waals surface area contributed by atoms with E-state index in [4.69, 9.17) is 27.9 Å². The van der Waals surface area contributed by atoms with E-state index in [0.717, 1.165) is 12.8 Å². The molecule has 6 nitrogen and oxygen atoms in total. The van der Waals surface area contributed by atoms with Gasteiger partial charge in [0.1, 0.15) is 5.82 Å². The maximum atomic E-state index is 14.2. The number of carbonyl (C=O) groups excluding carboxylic acids is 1. The molecule has 0 bridgehead atoms. The number of carbonyl (C=O) groups is 2. The minimum atomic E-state index is -1.13. The topological polar surface area (TPSA) is 70.1 Å². The van der Waals surface area contributed by atoms with Gasteiger partial charge in [0.25, 0.3) is 0 Å². The van der Waals surface area contributed by atoms with Crippen LogP contribution in [-0.2, 0) is 15.3 Å². The first-order valence-electron chi connectivity index (χ1n) is 10.4. The van der Waals surface area contributed by atoms with Crippen LogP contribution in [0.4, 0.5) is 14.9 Å². The Balaban J connectivity index is 1.66. The summed E-state index contributed by atoms with van der Waals surface area (Å²) >= 11 is 12.1. The van der Waals surface area contributed by atoms with Gasteiger partial charge in [-0.25, -0.2) is 9.18 Å². The van der Waals surface area contributed by atoms with Gasteiger partial charge in [-0.1, -0.05) is 29.3 Å². The lowest BCUT2D eigenvalue weighted by Crippen LogP contribution is -2.57. The molecule has 1 spiro atoms. The zero-order valence-electron chi connectivity index (χ0n) is 17.5. The van der Waals surface area contributed by atoms with Gasteiger partial charge >= 0.3 is 12.1 Å². The van der Waals surface area contributed by atoms with Crippen LogP contribution in [0.1, 0.15) is 42.7 Å². The highest BCUT2D eigenvalue weighted by Crippen LogP contribution is 2.47. The molecule has 1 amide bonds. The van der Waals surface area contributed by atoms with Crippen LogP contribution in [0, 0.1) is 5.82 Å². The molecule has 0 saturated carbocycles. The molecule has 2 aromatic carbocycles. The fourth-order valence-corrected chi connectivity index (χ4v) is 4.95. The Morgan fingerprint density at radius 3 is 2.72 bits per heavy atom. The highest BCUT2D eigenvalue weighted by molar-refractivity contribution is 6.42. The predicted molar refractivity (Wildman–Crippen MR) is 120 cm³/mol. The molecular weight excluding hydrogens is 458 g/mol. The number of fused-ring (bicyclic) bond motifs is 2. The summed E-state index contributed by atoms with van der Waals surface area (Å²) in [7, 11) is 1.59. The Morgan fingerprint density at radius 1 is 1.22 bits per heavy atom. The first-order chi connectivity index (χ1) is 15.2. The lowest BCUT2D eigenvalue weighted by Gasteiger charge is -2.50. The van der Waals surface area contributed by atoms with Gasteiger partial charge in [0.05, 0.1) is 21.7 Å². The number of amides is 1. The minimum absolute atomic E-state index is 0.257. The van der Waals surface area contributed by atoms with Gasteiger partial charge < -0.3 is 9.84 Å². The molecule has 1 saturated heterocycles. The number of piperidine rings is 1. The van der Waals surface area contributed by atoms with Gasteiger partial charge in [-0.15, -0.1) is 0 Å². The van der Waals surface area contributed by atoms with Gasteiger partial charge in [0.2, 0.25) is 0 Å². The number of hydrogen-bond donors (Lipinski definition) is 1. The molecule has 170 valence electrons. The molecule has 0 radical (unpaired) electrons. The average Bonchev–Trinajstić information content (AvgIpc) is 2.75. The number of aliphatic carboxylic acids is 1.